The fourth-order valence-corrected chi connectivity index (χ4v) is 4.62. The number of hydrogen-bond acceptors (Lipinski definition) is 4. The van der Waals surface area contributed by atoms with Gasteiger partial charge in [-0.3, -0.25) is 4.79 Å². The summed E-state index contributed by atoms with van der Waals surface area (Å²) in [5.74, 6) is -1.07. The predicted molar refractivity (Wildman–Crippen MR) is 121 cm³/mol. The van der Waals surface area contributed by atoms with Gasteiger partial charge in [0.15, 0.2) is 0 Å². The molecule has 1 saturated heterocycles. The number of piperidine rings is 1. The molecule has 0 aliphatic carbocycles. The Hall–Kier alpha value is -1.88. The first-order valence-electron chi connectivity index (χ1n) is 9.85. The lowest BCUT2D eigenvalue weighted by Gasteiger charge is -2.49. The number of aromatic nitrogens is 1. The summed E-state index contributed by atoms with van der Waals surface area (Å²) in [6.45, 7) is 7.73. The molecule has 1 fully saturated rings. The number of halogens is 4. The Morgan fingerprint density at radius 2 is 1.68 bits per heavy atom. The SMILES string of the molecule is CC1(C)CC(N(C(=O)C(F)(F)F)c2ccc(Oc3ccc(I)cn3)cc2)CC(C)(C)N1. The largest absolute Gasteiger partial charge is 0.471 e. The molecule has 1 N–H and O–H groups in total. The van der Waals surface area contributed by atoms with Gasteiger partial charge in [0, 0.05) is 38.6 Å². The van der Waals surface area contributed by atoms with E-state index in [0.29, 0.717) is 24.5 Å². The zero-order valence-electron chi connectivity index (χ0n) is 17.8. The molecule has 1 amide bonds. The molecule has 31 heavy (non-hydrogen) atoms. The average Bonchev–Trinajstić information content (AvgIpc) is 2.62. The van der Waals surface area contributed by atoms with Crippen LogP contribution in [0.5, 0.6) is 11.6 Å². The summed E-state index contributed by atoms with van der Waals surface area (Å²) in [5, 5.41) is 3.44. The summed E-state index contributed by atoms with van der Waals surface area (Å²) in [4.78, 5) is 17.5. The van der Waals surface area contributed by atoms with Crippen LogP contribution in [0.25, 0.3) is 0 Å². The number of amides is 1. The quantitative estimate of drug-likeness (QED) is 0.501. The van der Waals surface area contributed by atoms with Crippen molar-refractivity contribution >= 4 is 34.2 Å². The maximum atomic E-state index is 13.5. The highest BCUT2D eigenvalue weighted by molar-refractivity contribution is 14.1. The molecule has 3 rings (SSSR count). The lowest BCUT2D eigenvalue weighted by molar-refractivity contribution is -0.171. The molecule has 1 aromatic heterocycles. The molecule has 1 aliphatic rings. The third kappa shape index (κ3) is 6.09. The van der Waals surface area contributed by atoms with Crippen LogP contribution in [0, 0.1) is 3.57 Å². The van der Waals surface area contributed by atoms with Crippen molar-refractivity contribution in [2.75, 3.05) is 4.90 Å². The van der Waals surface area contributed by atoms with Gasteiger partial charge in [0.05, 0.1) is 0 Å². The first kappa shape index (κ1) is 23.8. The Kier molecular flexibility index (Phi) is 6.57. The van der Waals surface area contributed by atoms with E-state index in [1.54, 1.807) is 24.4 Å². The highest BCUT2D eigenvalue weighted by atomic mass is 127. The van der Waals surface area contributed by atoms with Crippen LogP contribution in [-0.2, 0) is 4.79 Å². The zero-order chi connectivity index (χ0) is 23.0. The number of alkyl halides is 3. The third-order valence-corrected chi connectivity index (χ3v) is 5.67. The molecule has 5 nitrogen and oxygen atoms in total. The van der Waals surface area contributed by atoms with Crippen molar-refractivity contribution in [2.45, 2.75) is 63.8 Å². The lowest BCUT2D eigenvalue weighted by atomic mass is 9.78. The number of nitrogens with zero attached hydrogens (tertiary/aromatic N) is 2. The van der Waals surface area contributed by atoms with Gasteiger partial charge in [0.25, 0.3) is 0 Å². The van der Waals surface area contributed by atoms with E-state index in [0.717, 1.165) is 8.47 Å². The monoisotopic (exact) mass is 547 g/mol. The van der Waals surface area contributed by atoms with Gasteiger partial charge < -0.3 is 15.0 Å². The summed E-state index contributed by atoms with van der Waals surface area (Å²) >= 11 is 2.13. The zero-order valence-corrected chi connectivity index (χ0v) is 19.9. The number of hydrogen-bond donors (Lipinski definition) is 1. The van der Waals surface area contributed by atoms with Crippen LogP contribution >= 0.6 is 22.6 Å². The van der Waals surface area contributed by atoms with Gasteiger partial charge in [0.2, 0.25) is 5.88 Å². The number of pyridine rings is 1. The number of ether oxygens (including phenoxy) is 1. The number of carbonyl (C=O) groups excluding carboxylic acids is 1. The van der Waals surface area contributed by atoms with Crippen molar-refractivity contribution in [3.63, 3.8) is 0 Å². The van der Waals surface area contributed by atoms with Crippen molar-refractivity contribution in [2.24, 2.45) is 0 Å². The van der Waals surface area contributed by atoms with E-state index in [9.17, 15) is 18.0 Å². The van der Waals surface area contributed by atoms with E-state index >= 15 is 0 Å². The van der Waals surface area contributed by atoms with Crippen LogP contribution in [0.15, 0.2) is 42.6 Å². The average molecular weight is 547 g/mol. The molecule has 2 aromatic rings. The van der Waals surface area contributed by atoms with Crippen LogP contribution in [0.4, 0.5) is 18.9 Å². The van der Waals surface area contributed by atoms with Gasteiger partial charge in [-0.05, 0) is 93.5 Å². The maximum absolute atomic E-state index is 13.5. The first-order valence-corrected chi connectivity index (χ1v) is 10.9. The maximum Gasteiger partial charge on any atom is 0.471 e. The van der Waals surface area contributed by atoms with E-state index in [1.165, 1.54) is 12.1 Å². The Balaban J connectivity index is 1.90. The van der Waals surface area contributed by atoms with E-state index in [-0.39, 0.29) is 5.69 Å². The van der Waals surface area contributed by atoms with Crippen molar-refractivity contribution in [1.82, 2.24) is 10.3 Å². The molecule has 0 radical (unpaired) electrons. The molecule has 168 valence electrons. The van der Waals surface area contributed by atoms with Gasteiger partial charge in [-0.25, -0.2) is 4.98 Å². The molecule has 1 aliphatic heterocycles. The van der Waals surface area contributed by atoms with Crippen LogP contribution in [-0.4, -0.2) is 34.2 Å². The molecule has 0 saturated carbocycles. The fraction of sp³-hybridized carbons (Fsp3) is 0.455. The number of carbonyl (C=O) groups is 1. The minimum Gasteiger partial charge on any atom is -0.439 e. The molecular weight excluding hydrogens is 522 g/mol. The minimum absolute atomic E-state index is 0.184. The number of benzene rings is 1. The van der Waals surface area contributed by atoms with Gasteiger partial charge in [-0.15, -0.1) is 0 Å². The molecule has 9 heteroatoms. The second-order valence-corrected chi connectivity index (χ2v) is 10.3. The number of nitrogens with one attached hydrogen (secondary N) is 1. The smallest absolute Gasteiger partial charge is 0.439 e. The van der Waals surface area contributed by atoms with Crippen LogP contribution < -0.4 is 15.0 Å². The highest BCUT2D eigenvalue weighted by Crippen LogP contribution is 2.37. The molecule has 0 atom stereocenters. The normalized spacial score (nSPS) is 18.5. The van der Waals surface area contributed by atoms with Crippen LogP contribution in [0.1, 0.15) is 40.5 Å². The lowest BCUT2D eigenvalue weighted by Crippen LogP contribution is -2.64. The van der Waals surface area contributed by atoms with E-state index in [1.807, 2.05) is 33.8 Å². The molecule has 0 spiro atoms. The van der Waals surface area contributed by atoms with Crippen molar-refractivity contribution in [3.8, 4) is 11.6 Å². The predicted octanol–water partition coefficient (Wildman–Crippen LogP) is 5.68. The van der Waals surface area contributed by atoms with Crippen molar-refractivity contribution < 1.29 is 22.7 Å². The molecular formula is C22H25F3IN3O2. The molecule has 0 bridgehead atoms. The Morgan fingerprint density at radius 1 is 1.10 bits per heavy atom. The van der Waals surface area contributed by atoms with Crippen LogP contribution in [0.3, 0.4) is 0 Å². The topological polar surface area (TPSA) is 54.5 Å². The summed E-state index contributed by atoms with van der Waals surface area (Å²) < 4.78 is 47.1. The standard InChI is InChI=1S/C22H25F3IN3O2/c1-20(2)11-16(12-21(3,4)28-20)29(19(30)22(23,24)25)15-6-8-17(9-7-15)31-18-10-5-14(26)13-27-18/h5-10,13,16,28H,11-12H2,1-4H3. The summed E-state index contributed by atoms with van der Waals surface area (Å²) in [7, 11) is 0. The number of anilines is 1. The van der Waals surface area contributed by atoms with Crippen molar-refractivity contribution in [3.05, 3.63) is 46.2 Å². The number of rotatable bonds is 4. The van der Waals surface area contributed by atoms with Gasteiger partial charge >= 0.3 is 12.1 Å². The first-order chi connectivity index (χ1) is 14.3. The molecule has 0 unspecified atom stereocenters. The summed E-state index contributed by atoms with van der Waals surface area (Å²) in [6.07, 6.45) is -2.54. The Labute approximate surface area is 193 Å². The minimum atomic E-state index is -4.97. The molecule has 1 aromatic carbocycles. The summed E-state index contributed by atoms with van der Waals surface area (Å²) in [5.41, 5.74) is -0.657. The van der Waals surface area contributed by atoms with E-state index in [4.69, 9.17) is 4.74 Å². The highest BCUT2D eigenvalue weighted by Gasteiger charge is 2.49. The van der Waals surface area contributed by atoms with E-state index < -0.39 is 29.2 Å². The third-order valence-electron chi connectivity index (χ3n) is 5.03. The van der Waals surface area contributed by atoms with Gasteiger partial charge in [-0.1, -0.05) is 0 Å². The van der Waals surface area contributed by atoms with Crippen molar-refractivity contribution in [1.29, 1.82) is 0 Å². The van der Waals surface area contributed by atoms with Gasteiger partial charge in [-0.2, -0.15) is 13.2 Å². The molecule has 2 heterocycles. The second kappa shape index (κ2) is 8.57. The summed E-state index contributed by atoms with van der Waals surface area (Å²) in [6, 6.07) is 8.98. The van der Waals surface area contributed by atoms with E-state index in [2.05, 4.69) is 32.9 Å². The Bertz CT molecular complexity index is 913. The van der Waals surface area contributed by atoms with Crippen LogP contribution in [0.2, 0.25) is 0 Å². The fourth-order valence-electron chi connectivity index (χ4n) is 4.30. The van der Waals surface area contributed by atoms with Gasteiger partial charge in [0.1, 0.15) is 5.75 Å². The second-order valence-electron chi connectivity index (χ2n) is 9.04. The Morgan fingerprint density at radius 3 is 2.16 bits per heavy atom.